The summed E-state index contributed by atoms with van der Waals surface area (Å²) in [7, 11) is 1.64. The predicted molar refractivity (Wildman–Crippen MR) is 124 cm³/mol. The first-order chi connectivity index (χ1) is 14.6. The summed E-state index contributed by atoms with van der Waals surface area (Å²) in [5, 5.41) is 4.10. The number of methoxy groups -OCH3 is 1. The second kappa shape index (κ2) is 11.9. The van der Waals surface area contributed by atoms with Crippen molar-refractivity contribution in [1.29, 1.82) is 0 Å². The first-order valence-corrected chi connectivity index (χ1v) is 12.0. The number of carbonyl (C=O) groups excluding carboxylic acids is 1. The highest BCUT2D eigenvalue weighted by Gasteiger charge is 2.24. The average molecular weight is 436 g/mol. The average Bonchev–Trinajstić information content (AvgIpc) is 2.78. The quantitative estimate of drug-likeness (QED) is 0.633. The normalized spacial score (nSPS) is 22.8. The van der Waals surface area contributed by atoms with Crippen LogP contribution in [-0.4, -0.2) is 63.3 Å². The van der Waals surface area contributed by atoms with Gasteiger partial charge in [0.2, 0.25) is 5.91 Å². The summed E-state index contributed by atoms with van der Waals surface area (Å²) in [5.41, 5.74) is 2.43. The Morgan fingerprint density at radius 3 is 2.57 bits per heavy atom. The molecule has 2 aliphatic rings. The van der Waals surface area contributed by atoms with Crippen molar-refractivity contribution in [2.45, 2.75) is 57.9 Å². The van der Waals surface area contributed by atoms with E-state index in [1.807, 2.05) is 0 Å². The van der Waals surface area contributed by atoms with Crippen molar-refractivity contribution in [2.24, 2.45) is 5.92 Å². The number of aryl methyl sites for hydroxylation is 1. The highest BCUT2D eigenvalue weighted by Crippen LogP contribution is 2.31. The number of amides is 1. The number of nitrogens with zero attached hydrogens (tertiary/aromatic N) is 2. The number of anilines is 1. The van der Waals surface area contributed by atoms with E-state index >= 15 is 0 Å². The van der Waals surface area contributed by atoms with Gasteiger partial charge in [-0.2, -0.15) is 0 Å². The zero-order valence-electron chi connectivity index (χ0n) is 18.7. The molecule has 5 nitrogen and oxygen atoms in total. The summed E-state index contributed by atoms with van der Waals surface area (Å²) in [5.74, 6) is 0.925. The molecule has 3 rings (SSSR count). The van der Waals surface area contributed by atoms with Crippen LogP contribution in [0.1, 0.15) is 51.0 Å². The molecule has 0 radical (unpaired) electrons. The molecule has 6 heteroatoms. The summed E-state index contributed by atoms with van der Waals surface area (Å²) in [6.07, 6.45) is 7.41. The van der Waals surface area contributed by atoms with Crippen LogP contribution in [0.3, 0.4) is 0 Å². The Kier molecular flexibility index (Phi) is 9.28. The Balaban J connectivity index is 1.34. The number of carbonyl (C=O) groups is 1. The molecule has 0 spiro atoms. The zero-order chi connectivity index (χ0) is 21.3. The topological polar surface area (TPSA) is 44.8 Å². The lowest BCUT2D eigenvalue weighted by Crippen LogP contribution is -2.47. The molecular weight excluding hydrogens is 398 g/mol. The fourth-order valence-electron chi connectivity index (χ4n) is 4.75. The second-order valence-corrected chi connectivity index (χ2v) is 9.13. The van der Waals surface area contributed by atoms with Gasteiger partial charge in [0.1, 0.15) is 0 Å². The number of nitrogens with one attached hydrogen (secondary N) is 1. The molecule has 1 N–H and O–H groups in total. The fourth-order valence-corrected chi connectivity index (χ4v) is 5.13. The van der Waals surface area contributed by atoms with Crippen LogP contribution in [0, 0.1) is 5.92 Å². The fraction of sp³-hybridized carbons (Fsp3) is 0.708. The molecule has 0 atom stereocenters. The molecule has 2 fully saturated rings. The molecule has 30 heavy (non-hydrogen) atoms. The van der Waals surface area contributed by atoms with Gasteiger partial charge in [-0.3, -0.25) is 9.69 Å². The van der Waals surface area contributed by atoms with Gasteiger partial charge in [0.25, 0.3) is 0 Å². The summed E-state index contributed by atoms with van der Waals surface area (Å²) in [6, 6.07) is 6.77. The monoisotopic (exact) mass is 435 g/mol. The van der Waals surface area contributed by atoms with Crippen molar-refractivity contribution in [3.63, 3.8) is 0 Å². The largest absolute Gasteiger partial charge is 0.384 e. The number of benzene rings is 1. The minimum absolute atomic E-state index is 0.128. The molecule has 1 aliphatic carbocycles. The SMILES string of the molecule is CCc1cccc(N2CCN(CCC3CCC(NC(=O)CCOC)CC3)CC2)c1Cl. The first kappa shape index (κ1) is 23.4. The van der Waals surface area contributed by atoms with Crippen LogP contribution in [0.25, 0.3) is 0 Å². The van der Waals surface area contributed by atoms with E-state index in [0.29, 0.717) is 19.1 Å². The molecular formula is C24H38ClN3O2. The number of halogens is 1. The van der Waals surface area contributed by atoms with Crippen LogP contribution < -0.4 is 10.2 Å². The van der Waals surface area contributed by atoms with Crippen molar-refractivity contribution in [1.82, 2.24) is 10.2 Å². The number of ether oxygens (including phenoxy) is 1. The molecule has 1 aliphatic heterocycles. The molecule has 1 aromatic rings. The highest BCUT2D eigenvalue weighted by molar-refractivity contribution is 6.34. The van der Waals surface area contributed by atoms with E-state index in [2.05, 4.69) is 40.2 Å². The van der Waals surface area contributed by atoms with Crippen LogP contribution in [0.15, 0.2) is 18.2 Å². The van der Waals surface area contributed by atoms with E-state index < -0.39 is 0 Å². The van der Waals surface area contributed by atoms with Gasteiger partial charge in [0.15, 0.2) is 0 Å². The lowest BCUT2D eigenvalue weighted by atomic mass is 9.84. The van der Waals surface area contributed by atoms with Crippen molar-refractivity contribution in [2.75, 3.05) is 51.3 Å². The number of hydrogen-bond donors (Lipinski definition) is 1. The standard InChI is InChI=1S/C24H38ClN3O2/c1-3-20-5-4-6-22(24(20)25)28-16-14-27(15-17-28)13-11-19-7-9-21(10-8-19)26-23(29)12-18-30-2/h4-6,19,21H,3,7-18H2,1-2H3,(H,26,29). The highest BCUT2D eigenvalue weighted by atomic mass is 35.5. The van der Waals surface area contributed by atoms with Crippen molar-refractivity contribution < 1.29 is 9.53 Å². The van der Waals surface area contributed by atoms with Gasteiger partial charge < -0.3 is 15.0 Å². The molecule has 1 aromatic carbocycles. The van der Waals surface area contributed by atoms with Crippen LogP contribution in [0.4, 0.5) is 5.69 Å². The summed E-state index contributed by atoms with van der Waals surface area (Å²) >= 11 is 6.62. The van der Waals surface area contributed by atoms with Crippen molar-refractivity contribution in [3.05, 3.63) is 28.8 Å². The second-order valence-electron chi connectivity index (χ2n) is 8.75. The Bertz CT molecular complexity index is 668. The third-order valence-electron chi connectivity index (χ3n) is 6.75. The van der Waals surface area contributed by atoms with Gasteiger partial charge in [-0.25, -0.2) is 0 Å². The maximum absolute atomic E-state index is 11.9. The van der Waals surface area contributed by atoms with E-state index in [0.717, 1.165) is 56.4 Å². The minimum Gasteiger partial charge on any atom is -0.384 e. The molecule has 168 valence electrons. The molecule has 0 unspecified atom stereocenters. The van der Waals surface area contributed by atoms with Crippen LogP contribution in [-0.2, 0) is 16.0 Å². The predicted octanol–water partition coefficient (Wildman–Crippen LogP) is 4.13. The Morgan fingerprint density at radius 1 is 1.17 bits per heavy atom. The van der Waals surface area contributed by atoms with Crippen LogP contribution in [0.2, 0.25) is 5.02 Å². The van der Waals surface area contributed by atoms with E-state index in [-0.39, 0.29) is 5.91 Å². The third kappa shape index (κ3) is 6.60. The third-order valence-corrected chi connectivity index (χ3v) is 7.19. The Labute approximate surface area is 187 Å². The maximum atomic E-state index is 11.9. The number of hydrogen-bond acceptors (Lipinski definition) is 4. The van der Waals surface area contributed by atoms with E-state index in [4.69, 9.17) is 16.3 Å². The summed E-state index contributed by atoms with van der Waals surface area (Å²) in [6.45, 7) is 8.16. The molecule has 0 bridgehead atoms. The minimum atomic E-state index is 0.128. The van der Waals surface area contributed by atoms with Gasteiger partial charge in [-0.05, 0) is 62.6 Å². The smallest absolute Gasteiger partial charge is 0.222 e. The molecule has 1 amide bonds. The van der Waals surface area contributed by atoms with Gasteiger partial charge >= 0.3 is 0 Å². The van der Waals surface area contributed by atoms with Gasteiger partial charge in [-0.1, -0.05) is 30.7 Å². The van der Waals surface area contributed by atoms with Gasteiger partial charge in [0, 0.05) is 45.8 Å². The Morgan fingerprint density at radius 2 is 1.90 bits per heavy atom. The van der Waals surface area contributed by atoms with Crippen molar-refractivity contribution in [3.8, 4) is 0 Å². The number of piperazine rings is 1. The van der Waals surface area contributed by atoms with E-state index in [1.165, 1.54) is 37.1 Å². The summed E-state index contributed by atoms with van der Waals surface area (Å²) in [4.78, 5) is 16.9. The summed E-state index contributed by atoms with van der Waals surface area (Å²) < 4.78 is 4.98. The van der Waals surface area contributed by atoms with Gasteiger partial charge in [0.05, 0.1) is 17.3 Å². The molecule has 0 aromatic heterocycles. The van der Waals surface area contributed by atoms with Crippen LogP contribution in [0.5, 0.6) is 0 Å². The lowest BCUT2D eigenvalue weighted by molar-refractivity contribution is -0.122. The lowest BCUT2D eigenvalue weighted by Gasteiger charge is -2.37. The van der Waals surface area contributed by atoms with Crippen molar-refractivity contribution >= 4 is 23.2 Å². The maximum Gasteiger partial charge on any atom is 0.222 e. The van der Waals surface area contributed by atoms with E-state index in [9.17, 15) is 4.79 Å². The van der Waals surface area contributed by atoms with Crippen LogP contribution >= 0.6 is 11.6 Å². The first-order valence-electron chi connectivity index (χ1n) is 11.6. The zero-order valence-corrected chi connectivity index (χ0v) is 19.4. The van der Waals surface area contributed by atoms with Gasteiger partial charge in [-0.15, -0.1) is 0 Å². The van der Waals surface area contributed by atoms with E-state index in [1.54, 1.807) is 7.11 Å². The molecule has 1 heterocycles. The molecule has 1 saturated carbocycles. The Hall–Kier alpha value is -1.30. The molecule has 1 saturated heterocycles. The number of rotatable bonds is 9.